The predicted molar refractivity (Wildman–Crippen MR) is 142 cm³/mol. The molecule has 0 fully saturated rings. The van der Waals surface area contributed by atoms with Crippen molar-refractivity contribution in [1.29, 1.82) is 4.78 Å². The summed E-state index contributed by atoms with van der Waals surface area (Å²) in [5.41, 5.74) is -3.91. The fourth-order valence-corrected chi connectivity index (χ4v) is 5.49. The van der Waals surface area contributed by atoms with Crippen LogP contribution in [0.1, 0.15) is 39.2 Å². The number of halogens is 5. The van der Waals surface area contributed by atoms with Crippen LogP contribution in [0, 0.1) is 4.78 Å². The number of rotatable bonds is 10. The van der Waals surface area contributed by atoms with Crippen molar-refractivity contribution in [3.8, 4) is 11.1 Å². The highest BCUT2D eigenvalue weighted by Gasteiger charge is 2.54. The number of carbonyl (C=O) groups is 2. The van der Waals surface area contributed by atoms with Gasteiger partial charge >= 0.3 is 18.2 Å². The number of aliphatic hydroxyl groups is 1. The third kappa shape index (κ3) is 9.26. The molecule has 0 saturated heterocycles. The normalized spacial score (nSPS) is 16.0. The predicted octanol–water partition coefficient (Wildman–Crippen LogP) is 6.22. The number of alkyl carbamates (subject to hydrolysis) is 1. The molecule has 0 aliphatic heterocycles. The minimum atomic E-state index is -5.18. The Morgan fingerprint density at radius 3 is 2.15 bits per heavy atom. The molecule has 0 aliphatic carbocycles. The van der Waals surface area contributed by atoms with E-state index in [2.05, 4.69) is 5.32 Å². The van der Waals surface area contributed by atoms with E-state index in [1.54, 1.807) is 32.9 Å². The fraction of sp³-hybridized carbons (Fsp3) is 0.440. The molecule has 0 spiro atoms. The van der Waals surface area contributed by atoms with E-state index < -0.39 is 75.1 Å². The van der Waals surface area contributed by atoms with Crippen molar-refractivity contribution in [2.24, 2.45) is 0 Å². The Balaban J connectivity index is 2.17. The van der Waals surface area contributed by atoms with Gasteiger partial charge in [0.05, 0.1) is 0 Å². The second kappa shape index (κ2) is 12.3. The van der Waals surface area contributed by atoms with E-state index in [-0.39, 0.29) is 5.02 Å². The van der Waals surface area contributed by atoms with E-state index in [9.17, 15) is 37.2 Å². The van der Waals surface area contributed by atoms with Gasteiger partial charge in [0.1, 0.15) is 11.6 Å². The Labute approximate surface area is 234 Å². The third-order valence-electron chi connectivity index (χ3n) is 5.59. The lowest BCUT2D eigenvalue weighted by atomic mass is 9.89. The molecule has 1 unspecified atom stereocenters. The summed E-state index contributed by atoms with van der Waals surface area (Å²) >= 11 is 12.0. The quantitative estimate of drug-likeness (QED) is 0.251. The van der Waals surface area contributed by atoms with E-state index in [1.807, 2.05) is 0 Å². The zero-order chi connectivity index (χ0) is 29.8. The lowest BCUT2D eigenvalue weighted by Gasteiger charge is -2.31. The lowest BCUT2D eigenvalue weighted by molar-refractivity contribution is -0.267. The van der Waals surface area contributed by atoms with Crippen LogP contribution in [0.15, 0.2) is 42.5 Å². The van der Waals surface area contributed by atoms with Gasteiger partial charge in [0, 0.05) is 43.3 Å². The molecule has 216 valence electrons. The Morgan fingerprint density at radius 2 is 1.67 bits per heavy atom. The van der Waals surface area contributed by atoms with Crippen molar-refractivity contribution >= 4 is 45.0 Å². The first-order valence-corrected chi connectivity index (χ1v) is 14.2. The van der Waals surface area contributed by atoms with Gasteiger partial charge in [-0.15, -0.1) is 0 Å². The summed E-state index contributed by atoms with van der Waals surface area (Å²) in [5.74, 6) is -3.02. The Morgan fingerprint density at radius 1 is 1.08 bits per heavy atom. The summed E-state index contributed by atoms with van der Waals surface area (Å²) in [6, 6.07) is 7.83. The molecular weight excluding hydrogens is 584 g/mol. The van der Waals surface area contributed by atoms with Crippen molar-refractivity contribution in [3.05, 3.63) is 58.1 Å². The number of amides is 1. The van der Waals surface area contributed by atoms with Gasteiger partial charge in [-0.05, 0) is 50.5 Å². The maximum absolute atomic E-state index is 14.0. The molecule has 0 aromatic heterocycles. The first kappa shape index (κ1) is 32.7. The van der Waals surface area contributed by atoms with Gasteiger partial charge < -0.3 is 20.3 Å². The van der Waals surface area contributed by atoms with Gasteiger partial charge in [-0.2, -0.15) is 13.2 Å². The minimum Gasteiger partial charge on any atom is -0.480 e. The molecule has 0 aliphatic rings. The monoisotopic (exact) mass is 612 g/mol. The van der Waals surface area contributed by atoms with E-state index in [0.717, 1.165) is 12.1 Å². The van der Waals surface area contributed by atoms with Crippen LogP contribution in [-0.4, -0.2) is 55.8 Å². The van der Waals surface area contributed by atoms with Gasteiger partial charge in [-0.1, -0.05) is 53.5 Å². The lowest BCUT2D eigenvalue weighted by Crippen LogP contribution is -2.45. The van der Waals surface area contributed by atoms with Crippen LogP contribution in [0.4, 0.5) is 18.0 Å². The molecule has 0 bridgehead atoms. The van der Waals surface area contributed by atoms with Crippen LogP contribution in [-0.2, 0) is 24.9 Å². The summed E-state index contributed by atoms with van der Waals surface area (Å²) in [7, 11) is -3.79. The molecule has 2 aromatic carbocycles. The van der Waals surface area contributed by atoms with E-state index in [4.69, 9.17) is 32.7 Å². The molecule has 2 rings (SSSR count). The molecule has 1 amide bonds. The zero-order valence-electron chi connectivity index (χ0n) is 21.3. The second-order valence-electron chi connectivity index (χ2n) is 9.86. The largest absolute Gasteiger partial charge is 0.480 e. The minimum absolute atomic E-state index is 0.274. The molecule has 0 saturated carbocycles. The standard InChI is InChI=1S/C25H29Cl2F3N2O6S/c1-23(2,3)38-22(35)32-20(21(33)34)10-12-39(31,37)13-11-24(36,25(28,29)30)16-6-4-15(5-7-16)18-9-8-17(26)14-19(18)27/h4-9,14,20,31,36H,10-13H2,1-3H3,(H,32,35)(H,33,34)/t20-,24?,39+/m0/s1. The average Bonchev–Trinajstić information content (AvgIpc) is 2.78. The van der Waals surface area contributed by atoms with Crippen LogP contribution < -0.4 is 5.32 Å². The maximum Gasteiger partial charge on any atom is 0.421 e. The van der Waals surface area contributed by atoms with E-state index in [0.29, 0.717) is 16.1 Å². The van der Waals surface area contributed by atoms with Gasteiger partial charge in [-0.25, -0.2) is 13.8 Å². The highest BCUT2D eigenvalue weighted by molar-refractivity contribution is 7.92. The molecule has 39 heavy (non-hydrogen) atoms. The maximum atomic E-state index is 14.0. The van der Waals surface area contributed by atoms with Crippen molar-refractivity contribution in [2.75, 3.05) is 11.5 Å². The number of hydrogen-bond donors (Lipinski definition) is 4. The molecular formula is C25H29Cl2F3N2O6S. The van der Waals surface area contributed by atoms with Gasteiger partial charge in [-0.3, -0.25) is 4.78 Å². The number of carboxylic acids is 1. The summed E-state index contributed by atoms with van der Waals surface area (Å²) in [4.78, 5) is 23.4. The molecule has 3 atom stereocenters. The van der Waals surface area contributed by atoms with Gasteiger partial charge in [0.15, 0.2) is 5.60 Å². The van der Waals surface area contributed by atoms with Crippen LogP contribution in [0.3, 0.4) is 0 Å². The number of benzene rings is 2. The fourth-order valence-electron chi connectivity index (χ4n) is 3.53. The van der Waals surface area contributed by atoms with Crippen LogP contribution in [0.2, 0.25) is 10.0 Å². The van der Waals surface area contributed by atoms with Crippen LogP contribution in [0.25, 0.3) is 11.1 Å². The Bertz CT molecular complexity index is 1300. The number of ether oxygens (including phenoxy) is 1. The van der Waals surface area contributed by atoms with Crippen LogP contribution >= 0.6 is 23.2 Å². The Hall–Kier alpha value is -2.54. The highest BCUT2D eigenvalue weighted by atomic mass is 35.5. The summed E-state index contributed by atoms with van der Waals surface area (Å²) in [5, 5.41) is 22.8. The number of aliphatic carboxylic acids is 1. The molecule has 4 N–H and O–H groups in total. The molecule has 8 nitrogen and oxygen atoms in total. The van der Waals surface area contributed by atoms with Gasteiger partial charge in [0.25, 0.3) is 0 Å². The second-order valence-corrected chi connectivity index (χ2v) is 13.1. The molecule has 0 radical (unpaired) electrons. The van der Waals surface area contributed by atoms with Crippen molar-refractivity contribution in [2.45, 2.75) is 57.0 Å². The highest BCUT2D eigenvalue weighted by Crippen LogP contribution is 2.43. The number of hydrogen-bond acceptors (Lipinski definition) is 6. The Kier molecular flexibility index (Phi) is 10.3. The van der Waals surface area contributed by atoms with Crippen LogP contribution in [0.5, 0.6) is 0 Å². The summed E-state index contributed by atoms with van der Waals surface area (Å²) in [6.07, 6.45) is -7.85. The first-order chi connectivity index (χ1) is 17.7. The average molecular weight is 613 g/mol. The van der Waals surface area contributed by atoms with Gasteiger partial charge in [0.2, 0.25) is 0 Å². The molecule has 14 heteroatoms. The summed E-state index contributed by atoms with van der Waals surface area (Å²) in [6.45, 7) is 4.67. The topological polar surface area (TPSA) is 137 Å². The van der Waals surface area contributed by atoms with Crippen molar-refractivity contribution in [1.82, 2.24) is 5.32 Å². The van der Waals surface area contributed by atoms with E-state index in [1.165, 1.54) is 18.2 Å². The molecule has 2 aromatic rings. The number of carbonyl (C=O) groups excluding carboxylic acids is 1. The molecule has 0 heterocycles. The number of alkyl halides is 3. The van der Waals surface area contributed by atoms with Crippen molar-refractivity contribution < 1.29 is 41.9 Å². The number of nitrogens with one attached hydrogen (secondary N) is 2. The van der Waals surface area contributed by atoms with Crippen molar-refractivity contribution in [3.63, 3.8) is 0 Å². The first-order valence-electron chi connectivity index (χ1n) is 11.6. The zero-order valence-corrected chi connectivity index (χ0v) is 23.6. The smallest absolute Gasteiger partial charge is 0.421 e. The summed E-state index contributed by atoms with van der Waals surface area (Å²) < 4.78 is 67.8. The SMILES string of the molecule is CC(C)(C)OC(=O)N[C@@H](CC[S@@](=N)(=O)CCC(O)(c1ccc(-c2ccc(Cl)cc2Cl)cc1)C(F)(F)F)C(=O)O. The van der Waals surface area contributed by atoms with E-state index >= 15 is 0 Å². The third-order valence-corrected chi connectivity index (χ3v) is 7.90. The number of carboxylic acid groups (broad SMARTS) is 1.